The van der Waals surface area contributed by atoms with Crippen molar-refractivity contribution in [3.63, 3.8) is 0 Å². The van der Waals surface area contributed by atoms with Crippen LogP contribution in [0.15, 0.2) is 42.7 Å². The van der Waals surface area contributed by atoms with E-state index in [1.807, 2.05) is 41.3 Å². The minimum atomic E-state index is 0.0558. The van der Waals surface area contributed by atoms with Crippen molar-refractivity contribution in [2.24, 2.45) is 5.92 Å². The summed E-state index contributed by atoms with van der Waals surface area (Å²) in [5, 5.41) is 11.5. The first kappa shape index (κ1) is 18.6. The molecule has 154 valence electrons. The van der Waals surface area contributed by atoms with E-state index in [-0.39, 0.29) is 5.91 Å². The van der Waals surface area contributed by atoms with Gasteiger partial charge in [-0.05, 0) is 65.4 Å². The van der Waals surface area contributed by atoms with Gasteiger partial charge in [0.1, 0.15) is 6.33 Å². The van der Waals surface area contributed by atoms with Crippen molar-refractivity contribution in [3.8, 4) is 28.3 Å². The van der Waals surface area contributed by atoms with Crippen LogP contribution in [-0.2, 0) is 0 Å². The van der Waals surface area contributed by atoms with E-state index in [1.54, 1.807) is 18.9 Å². The first-order valence-electron chi connectivity index (χ1n) is 10.1. The lowest BCUT2D eigenvalue weighted by molar-refractivity contribution is 0.0703. The summed E-state index contributed by atoms with van der Waals surface area (Å²) in [6.45, 7) is 0.844. The molecule has 2 heterocycles. The smallest absolute Gasteiger partial charge is 0.254 e. The number of hydrogen-bond donors (Lipinski definition) is 0. The van der Waals surface area contributed by atoms with Crippen molar-refractivity contribution >= 4 is 5.91 Å². The molecule has 5 rings (SSSR count). The molecule has 3 aromatic rings. The molecule has 2 aromatic carbocycles. The summed E-state index contributed by atoms with van der Waals surface area (Å²) in [6, 6.07) is 11.8. The first-order chi connectivity index (χ1) is 14.7. The Hall–Kier alpha value is -3.42. The third-order valence-electron chi connectivity index (χ3n) is 6.16. The van der Waals surface area contributed by atoms with Crippen LogP contribution in [0.2, 0.25) is 0 Å². The maximum atomic E-state index is 13.4. The molecule has 2 bridgehead atoms. The molecule has 1 saturated carbocycles. The van der Waals surface area contributed by atoms with Gasteiger partial charge in [-0.3, -0.25) is 4.79 Å². The van der Waals surface area contributed by atoms with Crippen molar-refractivity contribution in [1.29, 1.82) is 0 Å². The number of methoxy groups -OCH3 is 2. The van der Waals surface area contributed by atoms with E-state index in [1.165, 1.54) is 12.7 Å². The van der Waals surface area contributed by atoms with Gasteiger partial charge in [0.2, 0.25) is 0 Å². The van der Waals surface area contributed by atoms with Gasteiger partial charge in [0, 0.05) is 23.7 Å². The molecular formula is C22H23N5O3. The van der Waals surface area contributed by atoms with Gasteiger partial charge < -0.3 is 14.4 Å². The molecule has 0 N–H and O–H groups in total. The highest BCUT2D eigenvalue weighted by molar-refractivity contribution is 5.97. The van der Waals surface area contributed by atoms with Crippen LogP contribution >= 0.6 is 0 Å². The molecule has 2 atom stereocenters. The van der Waals surface area contributed by atoms with Gasteiger partial charge in [-0.25, -0.2) is 4.68 Å². The van der Waals surface area contributed by atoms with Crippen molar-refractivity contribution in [1.82, 2.24) is 25.1 Å². The lowest BCUT2D eigenvalue weighted by atomic mass is 9.99. The molecule has 2 fully saturated rings. The number of aromatic nitrogens is 4. The largest absolute Gasteiger partial charge is 0.493 e. The normalized spacial score (nSPS) is 19.9. The number of piperidine rings is 1. The van der Waals surface area contributed by atoms with Gasteiger partial charge >= 0.3 is 0 Å². The van der Waals surface area contributed by atoms with Crippen LogP contribution in [0.4, 0.5) is 0 Å². The van der Waals surface area contributed by atoms with E-state index >= 15 is 0 Å². The van der Waals surface area contributed by atoms with Crippen molar-refractivity contribution < 1.29 is 14.3 Å². The van der Waals surface area contributed by atoms with Crippen molar-refractivity contribution in [2.75, 3.05) is 20.8 Å². The van der Waals surface area contributed by atoms with Gasteiger partial charge in [0.05, 0.1) is 19.9 Å². The Kier molecular flexibility index (Phi) is 4.61. The second kappa shape index (κ2) is 7.44. The molecular weight excluding hydrogens is 382 g/mol. The quantitative estimate of drug-likeness (QED) is 0.649. The molecule has 1 aliphatic carbocycles. The lowest BCUT2D eigenvalue weighted by Crippen LogP contribution is -2.37. The van der Waals surface area contributed by atoms with Crippen molar-refractivity contribution in [2.45, 2.75) is 25.3 Å². The van der Waals surface area contributed by atoms with Crippen LogP contribution in [0, 0.1) is 5.92 Å². The van der Waals surface area contributed by atoms with Crippen LogP contribution in [0.3, 0.4) is 0 Å². The molecule has 8 nitrogen and oxygen atoms in total. The number of rotatable bonds is 5. The summed E-state index contributed by atoms with van der Waals surface area (Å²) in [4.78, 5) is 15.5. The van der Waals surface area contributed by atoms with Gasteiger partial charge in [-0.2, -0.15) is 0 Å². The van der Waals surface area contributed by atoms with Crippen LogP contribution < -0.4 is 9.47 Å². The number of nitrogens with zero attached hydrogens (tertiary/aromatic N) is 5. The predicted octanol–water partition coefficient (Wildman–Crippen LogP) is 2.97. The molecule has 0 spiro atoms. The Bertz CT molecular complexity index is 1080. The number of benzene rings is 2. The third-order valence-corrected chi connectivity index (χ3v) is 6.16. The van der Waals surface area contributed by atoms with E-state index < -0.39 is 0 Å². The van der Waals surface area contributed by atoms with E-state index in [9.17, 15) is 4.79 Å². The Morgan fingerprint density at radius 2 is 2.03 bits per heavy atom. The van der Waals surface area contributed by atoms with Gasteiger partial charge in [0.25, 0.3) is 5.91 Å². The molecule has 1 amide bonds. The summed E-state index contributed by atoms with van der Waals surface area (Å²) < 4.78 is 12.6. The molecule has 0 radical (unpaired) electrons. The zero-order chi connectivity index (χ0) is 20.7. The fourth-order valence-electron chi connectivity index (χ4n) is 4.76. The Balaban J connectivity index is 1.62. The van der Waals surface area contributed by atoms with Gasteiger partial charge in [-0.15, -0.1) is 5.10 Å². The fourth-order valence-corrected chi connectivity index (χ4v) is 4.76. The standard InChI is InChI=1S/C22H23N5O3/c1-29-20-5-3-4-19(21(20)30-2)15-9-16(11-18(10-15)27-13-23-24-25-27)22(28)26-12-14-6-7-17(26)8-14/h3-5,9-11,13-14,17H,6-8,12H2,1-2H3/t14-,17-/m0/s1. The summed E-state index contributed by atoms with van der Waals surface area (Å²) in [7, 11) is 3.22. The maximum Gasteiger partial charge on any atom is 0.254 e. The second-order valence-electron chi connectivity index (χ2n) is 7.85. The molecule has 30 heavy (non-hydrogen) atoms. The first-order valence-corrected chi connectivity index (χ1v) is 10.1. The minimum absolute atomic E-state index is 0.0558. The number of carbonyl (C=O) groups is 1. The second-order valence-corrected chi connectivity index (χ2v) is 7.85. The summed E-state index contributed by atoms with van der Waals surface area (Å²) in [5.74, 6) is 1.94. The number of ether oxygens (including phenoxy) is 2. The number of para-hydroxylation sites is 1. The average molecular weight is 405 g/mol. The van der Waals surface area contributed by atoms with E-state index in [2.05, 4.69) is 15.5 Å². The highest BCUT2D eigenvalue weighted by atomic mass is 16.5. The van der Waals surface area contributed by atoms with Gasteiger partial charge in [0.15, 0.2) is 11.5 Å². The zero-order valence-electron chi connectivity index (χ0n) is 17.0. The number of carbonyl (C=O) groups excluding carboxylic acids is 1. The molecule has 2 aliphatic rings. The van der Waals surface area contributed by atoms with Crippen LogP contribution in [-0.4, -0.2) is 57.8 Å². The minimum Gasteiger partial charge on any atom is -0.493 e. The number of hydrogen-bond acceptors (Lipinski definition) is 6. The van der Waals surface area contributed by atoms with Gasteiger partial charge in [-0.1, -0.05) is 12.1 Å². The fraction of sp³-hybridized carbons (Fsp3) is 0.364. The Morgan fingerprint density at radius 3 is 2.70 bits per heavy atom. The summed E-state index contributed by atoms with van der Waals surface area (Å²) in [5.41, 5.74) is 3.01. The highest BCUT2D eigenvalue weighted by Crippen LogP contribution is 2.40. The number of likely N-dealkylation sites (tertiary alicyclic amines) is 1. The lowest BCUT2D eigenvalue weighted by Gasteiger charge is -2.27. The number of amides is 1. The monoisotopic (exact) mass is 405 g/mol. The molecule has 1 saturated heterocycles. The maximum absolute atomic E-state index is 13.4. The van der Waals surface area contributed by atoms with Crippen LogP contribution in [0.1, 0.15) is 29.6 Å². The van der Waals surface area contributed by atoms with Crippen LogP contribution in [0.5, 0.6) is 11.5 Å². The van der Waals surface area contributed by atoms with E-state index in [0.717, 1.165) is 36.2 Å². The Morgan fingerprint density at radius 1 is 1.13 bits per heavy atom. The average Bonchev–Trinajstić information content (AvgIpc) is 3.56. The third kappa shape index (κ3) is 3.08. The summed E-state index contributed by atoms with van der Waals surface area (Å²) >= 11 is 0. The van der Waals surface area contributed by atoms with Crippen molar-refractivity contribution in [3.05, 3.63) is 48.3 Å². The summed E-state index contributed by atoms with van der Waals surface area (Å²) in [6.07, 6.45) is 4.97. The van der Waals surface area contributed by atoms with E-state index in [0.29, 0.717) is 29.0 Å². The SMILES string of the molecule is COc1cccc(-c2cc(C(=O)N3C[C@H]4CC[C@H]3C4)cc(-n3cnnn3)c2)c1OC. The molecule has 8 heteroatoms. The molecule has 0 unspecified atom stereocenters. The number of tetrazole rings is 1. The zero-order valence-corrected chi connectivity index (χ0v) is 17.0. The van der Waals surface area contributed by atoms with E-state index in [4.69, 9.17) is 9.47 Å². The molecule has 1 aliphatic heterocycles. The molecule has 1 aromatic heterocycles. The Labute approximate surface area is 174 Å². The van der Waals surface area contributed by atoms with Crippen LogP contribution in [0.25, 0.3) is 16.8 Å². The highest BCUT2D eigenvalue weighted by Gasteiger charge is 2.40. The number of fused-ring (bicyclic) bond motifs is 2. The topological polar surface area (TPSA) is 82.4 Å². The predicted molar refractivity (Wildman–Crippen MR) is 110 cm³/mol.